The van der Waals surface area contributed by atoms with E-state index in [0.29, 0.717) is 20.4 Å². The smallest absolute Gasteiger partial charge is 0.134 e. The molecule has 3 aromatic carbocycles. The summed E-state index contributed by atoms with van der Waals surface area (Å²) in [5, 5.41) is 31.1. The Morgan fingerprint density at radius 3 is 1.79 bits per heavy atom. The molecule has 3 N–H and O–H groups in total. The molecule has 174 valence electrons. The molecule has 4 rings (SSSR count). The van der Waals surface area contributed by atoms with Gasteiger partial charge >= 0.3 is 0 Å². The van der Waals surface area contributed by atoms with E-state index in [9.17, 15) is 15.3 Å². The van der Waals surface area contributed by atoms with Gasteiger partial charge in [0.2, 0.25) is 0 Å². The third-order valence-corrected chi connectivity index (χ3v) is 8.29. The zero-order valence-corrected chi connectivity index (χ0v) is 21.8. The Bertz CT molecular complexity index is 1160. The molecule has 2 atom stereocenters. The highest BCUT2D eigenvalue weighted by Crippen LogP contribution is 2.62. The van der Waals surface area contributed by atoms with Crippen molar-refractivity contribution in [3.05, 3.63) is 85.8 Å². The number of phenolic OH excluding ortho intramolecular Hbond substituents is 3. The molecule has 6 heteroatoms. The fourth-order valence-electron chi connectivity index (χ4n) is 6.17. The van der Waals surface area contributed by atoms with E-state index >= 15 is 0 Å². The van der Waals surface area contributed by atoms with Crippen molar-refractivity contribution >= 4 is 39.1 Å². The summed E-state index contributed by atoms with van der Waals surface area (Å²) >= 11 is 16.4. The van der Waals surface area contributed by atoms with E-state index in [1.807, 2.05) is 36.4 Å². The lowest BCUT2D eigenvalue weighted by atomic mass is 9.48. The highest BCUT2D eigenvalue weighted by molar-refractivity contribution is 9.10. The average Bonchev–Trinajstić information content (AvgIpc) is 2.73. The average molecular weight is 550 g/mol. The summed E-state index contributed by atoms with van der Waals surface area (Å²) < 4.78 is 0.635. The Morgan fingerprint density at radius 1 is 0.788 bits per heavy atom. The van der Waals surface area contributed by atoms with Crippen LogP contribution in [0.1, 0.15) is 56.2 Å². The fourth-order valence-corrected chi connectivity index (χ4v) is 6.92. The largest absolute Gasteiger partial charge is 0.507 e. The molecule has 3 aromatic rings. The zero-order valence-electron chi connectivity index (χ0n) is 18.7. The summed E-state index contributed by atoms with van der Waals surface area (Å²) in [6.45, 7) is 6.79. The van der Waals surface area contributed by atoms with Crippen molar-refractivity contribution in [2.24, 2.45) is 11.3 Å². The van der Waals surface area contributed by atoms with Crippen LogP contribution < -0.4 is 0 Å². The number of hydrogen-bond donors (Lipinski definition) is 3. The van der Waals surface area contributed by atoms with Crippen LogP contribution in [0.5, 0.6) is 17.2 Å². The van der Waals surface area contributed by atoms with Crippen molar-refractivity contribution in [1.29, 1.82) is 0 Å². The Hall–Kier alpha value is -1.88. The van der Waals surface area contributed by atoms with Crippen LogP contribution in [0.3, 0.4) is 0 Å². The van der Waals surface area contributed by atoms with E-state index in [2.05, 4.69) is 36.7 Å². The predicted molar refractivity (Wildman–Crippen MR) is 138 cm³/mol. The van der Waals surface area contributed by atoms with Crippen molar-refractivity contribution in [1.82, 2.24) is 0 Å². The molecule has 1 fully saturated rings. The highest BCUT2D eigenvalue weighted by atomic mass is 79.9. The number of aromatic hydroxyl groups is 3. The number of rotatable bonds is 3. The van der Waals surface area contributed by atoms with Gasteiger partial charge in [0.1, 0.15) is 17.2 Å². The van der Waals surface area contributed by atoms with Gasteiger partial charge in [0.25, 0.3) is 0 Å². The molecule has 0 aromatic heterocycles. The van der Waals surface area contributed by atoms with Gasteiger partial charge in [-0.2, -0.15) is 0 Å². The van der Waals surface area contributed by atoms with Gasteiger partial charge in [-0.1, -0.05) is 62.2 Å². The summed E-state index contributed by atoms with van der Waals surface area (Å²) in [6.07, 6.45) is 1.83. The number of benzene rings is 3. The maximum absolute atomic E-state index is 10.2. The fraction of sp³-hybridized carbons (Fsp3) is 0.333. The standard InChI is InChI=1S/C27H27BrCl2O3/c1-15-13-26(2,3)25(16-4-7-22(31)19(28)10-16)27(14-15,17-5-8-23(32)20(29)11-17)18-6-9-24(33)21(30)12-18/h4-12,15,25,31-33H,13-14H2,1-3H3. The third-order valence-electron chi connectivity index (χ3n) is 7.05. The molecule has 33 heavy (non-hydrogen) atoms. The Morgan fingerprint density at radius 2 is 1.30 bits per heavy atom. The summed E-state index contributed by atoms with van der Waals surface area (Å²) in [7, 11) is 0. The van der Waals surface area contributed by atoms with E-state index < -0.39 is 5.41 Å². The van der Waals surface area contributed by atoms with Gasteiger partial charge in [0.15, 0.2) is 0 Å². The van der Waals surface area contributed by atoms with Gasteiger partial charge < -0.3 is 15.3 Å². The molecule has 1 aliphatic rings. The van der Waals surface area contributed by atoms with Gasteiger partial charge in [0.05, 0.1) is 14.5 Å². The summed E-state index contributed by atoms with van der Waals surface area (Å²) in [4.78, 5) is 0. The second-order valence-electron chi connectivity index (χ2n) is 9.95. The number of hydrogen-bond acceptors (Lipinski definition) is 3. The monoisotopic (exact) mass is 548 g/mol. The van der Waals surface area contributed by atoms with E-state index in [4.69, 9.17) is 23.2 Å². The van der Waals surface area contributed by atoms with Gasteiger partial charge in [-0.3, -0.25) is 0 Å². The quantitative estimate of drug-likeness (QED) is 0.307. The minimum atomic E-state index is -0.549. The maximum Gasteiger partial charge on any atom is 0.134 e. The number of phenols is 3. The van der Waals surface area contributed by atoms with Crippen LogP contribution in [-0.2, 0) is 5.41 Å². The molecule has 0 radical (unpaired) electrons. The molecule has 0 spiro atoms. The molecule has 0 bridgehead atoms. The van der Waals surface area contributed by atoms with Crippen molar-refractivity contribution < 1.29 is 15.3 Å². The van der Waals surface area contributed by atoms with Crippen molar-refractivity contribution in [2.45, 2.75) is 44.9 Å². The molecule has 1 aliphatic carbocycles. The molecule has 3 nitrogen and oxygen atoms in total. The first-order chi connectivity index (χ1) is 15.5. The maximum atomic E-state index is 10.2. The molecule has 2 unspecified atom stereocenters. The van der Waals surface area contributed by atoms with Gasteiger partial charge in [-0.25, -0.2) is 0 Å². The Balaban J connectivity index is 2.10. The van der Waals surface area contributed by atoms with Crippen LogP contribution >= 0.6 is 39.1 Å². The van der Waals surface area contributed by atoms with Gasteiger partial charge in [-0.05, 0) is 93.2 Å². The van der Waals surface area contributed by atoms with Gasteiger partial charge in [-0.15, -0.1) is 0 Å². The van der Waals surface area contributed by atoms with Crippen molar-refractivity contribution in [3.8, 4) is 17.2 Å². The van der Waals surface area contributed by atoms with E-state index in [1.165, 1.54) is 0 Å². The normalized spacial score (nSPS) is 21.6. The molecular formula is C27H27BrCl2O3. The lowest BCUT2D eigenvalue weighted by molar-refractivity contribution is 0.0886. The topological polar surface area (TPSA) is 60.7 Å². The first-order valence-electron chi connectivity index (χ1n) is 10.9. The molecule has 1 saturated carbocycles. The molecular weight excluding hydrogens is 523 g/mol. The van der Waals surface area contributed by atoms with Crippen LogP contribution in [0, 0.1) is 11.3 Å². The van der Waals surface area contributed by atoms with E-state index in [-0.39, 0.29) is 28.6 Å². The van der Waals surface area contributed by atoms with Crippen LogP contribution in [0.2, 0.25) is 10.0 Å². The van der Waals surface area contributed by atoms with E-state index in [1.54, 1.807) is 18.2 Å². The Kier molecular flexibility index (Phi) is 6.41. The summed E-state index contributed by atoms with van der Waals surface area (Å²) in [5.41, 5.74) is 2.33. The highest BCUT2D eigenvalue weighted by Gasteiger charge is 2.54. The predicted octanol–water partition coefficient (Wildman–Crippen LogP) is 8.40. The van der Waals surface area contributed by atoms with Crippen LogP contribution in [-0.4, -0.2) is 15.3 Å². The molecule has 0 amide bonds. The first-order valence-corrected chi connectivity index (χ1v) is 12.5. The first kappa shape index (κ1) is 24.3. The lowest BCUT2D eigenvalue weighted by Gasteiger charge is -2.56. The van der Waals surface area contributed by atoms with Crippen LogP contribution in [0.15, 0.2) is 59.1 Å². The van der Waals surface area contributed by atoms with Crippen LogP contribution in [0.4, 0.5) is 0 Å². The zero-order chi connectivity index (χ0) is 24.1. The minimum absolute atomic E-state index is 0.0145. The molecule has 0 heterocycles. The van der Waals surface area contributed by atoms with Crippen LogP contribution in [0.25, 0.3) is 0 Å². The van der Waals surface area contributed by atoms with Crippen molar-refractivity contribution in [3.63, 3.8) is 0 Å². The lowest BCUT2D eigenvalue weighted by Crippen LogP contribution is -2.48. The second-order valence-corrected chi connectivity index (χ2v) is 11.6. The number of halogens is 3. The third kappa shape index (κ3) is 4.22. The molecule has 0 saturated heterocycles. The SMILES string of the molecule is CC1CC(C)(C)C(c2ccc(O)c(Br)c2)C(c2ccc(O)c(Cl)c2)(c2ccc(O)c(Cl)c2)C1. The van der Waals surface area contributed by atoms with E-state index in [0.717, 1.165) is 29.5 Å². The summed E-state index contributed by atoms with van der Waals surface area (Å²) in [5.74, 6) is 0.626. The van der Waals surface area contributed by atoms with Gasteiger partial charge in [0, 0.05) is 11.3 Å². The summed E-state index contributed by atoms with van der Waals surface area (Å²) in [6, 6.07) is 16.5. The molecule has 0 aliphatic heterocycles. The van der Waals surface area contributed by atoms with Crippen molar-refractivity contribution in [2.75, 3.05) is 0 Å². The Labute approximate surface area is 213 Å². The second kappa shape index (κ2) is 8.72. The minimum Gasteiger partial charge on any atom is -0.507 e.